The number of benzene rings is 2. The molecule has 0 radical (unpaired) electrons. The maximum absolute atomic E-state index is 13.1. The lowest BCUT2D eigenvalue weighted by Gasteiger charge is -2.15. The van der Waals surface area contributed by atoms with Crippen molar-refractivity contribution in [1.29, 1.82) is 0 Å². The number of halogens is 3. The molecule has 34 heavy (non-hydrogen) atoms. The number of alkyl halides is 3. The second-order valence-electron chi connectivity index (χ2n) is 8.48. The van der Waals surface area contributed by atoms with E-state index in [0.717, 1.165) is 47.2 Å². The molecule has 2 atom stereocenters. The van der Waals surface area contributed by atoms with Crippen LogP contribution >= 0.6 is 0 Å². The molecule has 0 bridgehead atoms. The molecule has 2 heterocycles. The minimum Gasteiger partial charge on any atom is -0.382 e. The number of aromatic nitrogens is 3. The van der Waals surface area contributed by atoms with Gasteiger partial charge >= 0.3 is 6.18 Å². The summed E-state index contributed by atoms with van der Waals surface area (Å²) < 4.78 is 41.4. The fraction of sp³-hybridized carbons (Fsp3) is 0.308. The molecule has 0 aliphatic rings. The van der Waals surface area contributed by atoms with E-state index in [9.17, 15) is 13.2 Å². The molecule has 5 nitrogen and oxygen atoms in total. The number of hydrogen-bond donors (Lipinski definition) is 2. The lowest BCUT2D eigenvalue weighted by Crippen LogP contribution is -2.18. The molecule has 0 aliphatic heterocycles. The van der Waals surface area contributed by atoms with Crippen molar-refractivity contribution in [3.8, 4) is 11.3 Å². The predicted molar refractivity (Wildman–Crippen MR) is 129 cm³/mol. The third kappa shape index (κ3) is 4.50. The molecule has 0 saturated carbocycles. The highest BCUT2D eigenvalue weighted by molar-refractivity contribution is 5.85. The summed E-state index contributed by atoms with van der Waals surface area (Å²) in [6.07, 6.45) is 0.0926. The van der Waals surface area contributed by atoms with Crippen molar-refractivity contribution < 1.29 is 13.2 Å². The summed E-state index contributed by atoms with van der Waals surface area (Å²) in [5, 5.41) is 3.22. The van der Waals surface area contributed by atoms with Crippen LogP contribution in [0.2, 0.25) is 0 Å². The van der Waals surface area contributed by atoms with Gasteiger partial charge in [-0.05, 0) is 30.7 Å². The molecule has 0 spiro atoms. The van der Waals surface area contributed by atoms with Gasteiger partial charge in [0.05, 0.1) is 5.56 Å². The monoisotopic (exact) mass is 467 g/mol. The van der Waals surface area contributed by atoms with Gasteiger partial charge in [0.15, 0.2) is 0 Å². The zero-order chi connectivity index (χ0) is 24.5. The Kier molecular flexibility index (Phi) is 6.61. The predicted octanol–water partition coefficient (Wildman–Crippen LogP) is 5.86. The Balaban J connectivity index is 1.72. The molecule has 2 aromatic carbocycles. The molecule has 3 N–H and O–H groups in total. The summed E-state index contributed by atoms with van der Waals surface area (Å²) in [6, 6.07) is 13.2. The van der Waals surface area contributed by atoms with Crippen molar-refractivity contribution in [3.63, 3.8) is 0 Å². The van der Waals surface area contributed by atoms with Crippen molar-refractivity contribution in [2.45, 2.75) is 38.3 Å². The smallest absolute Gasteiger partial charge is 0.382 e. The summed E-state index contributed by atoms with van der Waals surface area (Å²) in [5.74, 6) is 1.32. The summed E-state index contributed by atoms with van der Waals surface area (Å²) in [5.41, 5.74) is 9.52. The molecule has 0 unspecified atom stereocenters. The second kappa shape index (κ2) is 9.46. The Morgan fingerprint density at radius 2 is 1.82 bits per heavy atom. The van der Waals surface area contributed by atoms with Crippen LogP contribution in [0.3, 0.4) is 0 Å². The van der Waals surface area contributed by atoms with Crippen LogP contribution in [0.15, 0.2) is 60.9 Å². The summed E-state index contributed by atoms with van der Waals surface area (Å²) in [4.78, 5) is 9.22. The summed E-state index contributed by atoms with van der Waals surface area (Å²) >= 11 is 0. The Hall–Kier alpha value is -3.39. The molecule has 178 valence electrons. The Morgan fingerprint density at radius 3 is 2.47 bits per heavy atom. The number of nitrogens with zero attached hydrogens (tertiary/aromatic N) is 3. The number of imidazole rings is 1. The Labute approximate surface area is 196 Å². The van der Waals surface area contributed by atoms with Crippen LogP contribution in [0, 0.1) is 0 Å². The van der Waals surface area contributed by atoms with Gasteiger partial charge in [-0.1, -0.05) is 56.3 Å². The van der Waals surface area contributed by atoms with Crippen LogP contribution in [0.25, 0.3) is 16.8 Å². The second-order valence-corrected chi connectivity index (χ2v) is 8.48. The molecule has 2 aromatic heterocycles. The van der Waals surface area contributed by atoms with Gasteiger partial charge in [-0.25, -0.2) is 9.97 Å². The van der Waals surface area contributed by atoms with Crippen molar-refractivity contribution in [2.24, 2.45) is 0 Å². The SMILES string of the molecule is CC[C@@H](CNC)c1nc(-c2ccc([C@H](C)c3cccc(C(F)(F)F)c3)cc2)c2c(N)nccn12. The van der Waals surface area contributed by atoms with E-state index in [1.54, 1.807) is 12.3 Å². The highest BCUT2D eigenvalue weighted by Crippen LogP contribution is 2.35. The first-order valence-electron chi connectivity index (χ1n) is 11.3. The topological polar surface area (TPSA) is 68.2 Å². The van der Waals surface area contributed by atoms with Gasteiger partial charge in [-0.15, -0.1) is 0 Å². The quantitative estimate of drug-likeness (QED) is 0.357. The van der Waals surface area contributed by atoms with Crippen LogP contribution in [-0.2, 0) is 6.18 Å². The first-order chi connectivity index (χ1) is 16.2. The normalized spacial score (nSPS) is 13.8. The number of nitrogen functional groups attached to an aromatic ring is 1. The first kappa shape index (κ1) is 23.8. The molecule has 0 saturated heterocycles. The maximum Gasteiger partial charge on any atom is 0.416 e. The van der Waals surface area contributed by atoms with E-state index in [0.29, 0.717) is 11.4 Å². The molecule has 0 aliphatic carbocycles. The van der Waals surface area contributed by atoms with Crippen LogP contribution in [0.4, 0.5) is 19.0 Å². The molecule has 0 fully saturated rings. The molecule has 4 rings (SSSR count). The van der Waals surface area contributed by atoms with E-state index in [2.05, 4.69) is 17.2 Å². The number of nitrogens with one attached hydrogen (secondary N) is 1. The van der Waals surface area contributed by atoms with Gasteiger partial charge in [0.1, 0.15) is 22.9 Å². The average molecular weight is 468 g/mol. The lowest BCUT2D eigenvalue weighted by molar-refractivity contribution is -0.137. The van der Waals surface area contributed by atoms with Gasteiger partial charge in [0.2, 0.25) is 0 Å². The maximum atomic E-state index is 13.1. The van der Waals surface area contributed by atoms with E-state index in [-0.39, 0.29) is 11.8 Å². The zero-order valence-corrected chi connectivity index (χ0v) is 19.4. The highest BCUT2D eigenvalue weighted by atomic mass is 19.4. The molecular formula is C26H28F3N5. The molecule has 8 heteroatoms. The van der Waals surface area contributed by atoms with E-state index in [1.807, 2.05) is 48.8 Å². The van der Waals surface area contributed by atoms with E-state index in [4.69, 9.17) is 10.7 Å². The van der Waals surface area contributed by atoms with Crippen LogP contribution in [0.1, 0.15) is 54.6 Å². The van der Waals surface area contributed by atoms with Crippen LogP contribution < -0.4 is 11.1 Å². The number of anilines is 1. The fourth-order valence-electron chi connectivity index (χ4n) is 4.35. The third-order valence-corrected chi connectivity index (χ3v) is 6.32. The Bertz CT molecular complexity index is 1280. The minimum absolute atomic E-state index is 0.197. The van der Waals surface area contributed by atoms with Crippen LogP contribution in [-0.4, -0.2) is 28.0 Å². The van der Waals surface area contributed by atoms with Crippen molar-refractivity contribution in [1.82, 2.24) is 19.7 Å². The minimum atomic E-state index is -4.36. The number of rotatable bonds is 7. The van der Waals surface area contributed by atoms with E-state index < -0.39 is 11.7 Å². The standard InChI is InChI=1S/C26H28F3N5/c1-4-17(15-31-3)25-33-22(23-24(30)32-12-13-34(23)25)19-10-8-18(9-11-19)16(2)20-6-5-7-21(14-20)26(27,28)29/h5-14,16-17,31H,4,15H2,1-3H3,(H2,30,32)/t16-,17-/m0/s1. The molecule has 0 amide bonds. The fourth-order valence-corrected chi connectivity index (χ4v) is 4.35. The van der Waals surface area contributed by atoms with Gasteiger partial charge in [-0.3, -0.25) is 4.40 Å². The average Bonchev–Trinajstić information content (AvgIpc) is 3.22. The lowest BCUT2D eigenvalue weighted by atomic mass is 9.91. The van der Waals surface area contributed by atoms with E-state index in [1.165, 1.54) is 12.1 Å². The van der Waals surface area contributed by atoms with E-state index >= 15 is 0 Å². The van der Waals surface area contributed by atoms with Crippen molar-refractivity contribution >= 4 is 11.3 Å². The summed E-state index contributed by atoms with van der Waals surface area (Å²) in [7, 11) is 1.92. The largest absolute Gasteiger partial charge is 0.416 e. The number of nitrogens with two attached hydrogens (primary N) is 1. The summed E-state index contributed by atoms with van der Waals surface area (Å²) in [6.45, 7) is 4.81. The number of hydrogen-bond acceptors (Lipinski definition) is 4. The van der Waals surface area contributed by atoms with Gasteiger partial charge < -0.3 is 11.1 Å². The number of fused-ring (bicyclic) bond motifs is 1. The van der Waals surface area contributed by atoms with Gasteiger partial charge in [-0.2, -0.15) is 13.2 Å². The van der Waals surface area contributed by atoms with Gasteiger partial charge in [0, 0.05) is 36.3 Å². The zero-order valence-electron chi connectivity index (χ0n) is 19.4. The van der Waals surface area contributed by atoms with Gasteiger partial charge in [0.25, 0.3) is 0 Å². The molecule has 4 aromatic rings. The van der Waals surface area contributed by atoms with Crippen molar-refractivity contribution in [2.75, 3.05) is 19.3 Å². The highest BCUT2D eigenvalue weighted by Gasteiger charge is 2.30. The third-order valence-electron chi connectivity index (χ3n) is 6.32. The van der Waals surface area contributed by atoms with Crippen molar-refractivity contribution in [3.05, 3.63) is 83.4 Å². The Morgan fingerprint density at radius 1 is 1.09 bits per heavy atom. The first-order valence-corrected chi connectivity index (χ1v) is 11.3. The molecular weight excluding hydrogens is 439 g/mol. The number of likely N-dealkylation sites (N-methyl/N-ethyl adjacent to an activating group) is 1. The van der Waals surface area contributed by atoms with Crippen LogP contribution in [0.5, 0.6) is 0 Å².